The lowest BCUT2D eigenvalue weighted by atomic mass is 9.82. The maximum atomic E-state index is 10.3. The van der Waals surface area contributed by atoms with Crippen LogP contribution in [0, 0.1) is 19.8 Å². The standard InChI is InChI=1S/C16H20O2/c1-10-5-11(2)8-14(7-10)15-9-12(3)6-13(4)16(15,17)18/h5-9,13,17-18H,1-4H3. The topological polar surface area (TPSA) is 40.5 Å². The Labute approximate surface area is 108 Å². The first kappa shape index (κ1) is 13.1. The summed E-state index contributed by atoms with van der Waals surface area (Å²) >= 11 is 0. The average molecular weight is 244 g/mol. The van der Waals surface area contributed by atoms with Crippen LogP contribution in [0.2, 0.25) is 0 Å². The highest BCUT2D eigenvalue weighted by Crippen LogP contribution is 2.37. The number of allylic oxidation sites excluding steroid dienone is 2. The third kappa shape index (κ3) is 2.26. The van der Waals surface area contributed by atoms with Crippen molar-refractivity contribution in [3.8, 4) is 0 Å². The van der Waals surface area contributed by atoms with Crippen LogP contribution >= 0.6 is 0 Å². The van der Waals surface area contributed by atoms with Gasteiger partial charge in [0.1, 0.15) is 0 Å². The minimum Gasteiger partial charge on any atom is -0.361 e. The van der Waals surface area contributed by atoms with E-state index in [2.05, 4.69) is 6.07 Å². The molecular weight excluding hydrogens is 224 g/mol. The van der Waals surface area contributed by atoms with Crippen molar-refractivity contribution >= 4 is 5.57 Å². The normalized spacial score (nSPS) is 22.4. The lowest BCUT2D eigenvalue weighted by molar-refractivity contribution is -0.134. The van der Waals surface area contributed by atoms with Crippen molar-refractivity contribution in [1.29, 1.82) is 0 Å². The number of rotatable bonds is 1. The minimum atomic E-state index is -1.79. The van der Waals surface area contributed by atoms with Gasteiger partial charge < -0.3 is 10.2 Å². The van der Waals surface area contributed by atoms with Gasteiger partial charge in [0.25, 0.3) is 0 Å². The zero-order valence-corrected chi connectivity index (χ0v) is 11.4. The Hall–Kier alpha value is -1.38. The van der Waals surface area contributed by atoms with Crippen molar-refractivity contribution in [2.24, 2.45) is 5.92 Å². The van der Waals surface area contributed by atoms with Gasteiger partial charge in [-0.05, 0) is 26.3 Å². The maximum absolute atomic E-state index is 10.3. The second-order valence-electron chi connectivity index (χ2n) is 5.36. The fourth-order valence-corrected chi connectivity index (χ4v) is 2.56. The van der Waals surface area contributed by atoms with Crippen LogP contribution in [-0.2, 0) is 0 Å². The van der Waals surface area contributed by atoms with E-state index in [9.17, 15) is 10.2 Å². The molecule has 2 heteroatoms. The van der Waals surface area contributed by atoms with E-state index in [0.29, 0.717) is 5.57 Å². The Morgan fingerprint density at radius 2 is 1.56 bits per heavy atom. The highest BCUT2D eigenvalue weighted by atomic mass is 16.5. The van der Waals surface area contributed by atoms with Crippen molar-refractivity contribution < 1.29 is 10.2 Å². The molecule has 96 valence electrons. The summed E-state index contributed by atoms with van der Waals surface area (Å²) in [6, 6.07) is 6.06. The number of aliphatic hydroxyl groups is 2. The fraction of sp³-hybridized carbons (Fsp3) is 0.375. The van der Waals surface area contributed by atoms with Gasteiger partial charge in [0, 0.05) is 11.5 Å². The smallest absolute Gasteiger partial charge is 0.196 e. The van der Waals surface area contributed by atoms with E-state index in [1.54, 1.807) is 0 Å². The predicted molar refractivity (Wildman–Crippen MR) is 74.0 cm³/mol. The molecule has 0 radical (unpaired) electrons. The lowest BCUT2D eigenvalue weighted by Gasteiger charge is -2.33. The van der Waals surface area contributed by atoms with Gasteiger partial charge in [0.05, 0.1) is 0 Å². The van der Waals surface area contributed by atoms with Crippen molar-refractivity contribution in [3.05, 3.63) is 52.6 Å². The van der Waals surface area contributed by atoms with E-state index in [1.807, 2.05) is 52.0 Å². The summed E-state index contributed by atoms with van der Waals surface area (Å²) in [7, 11) is 0. The van der Waals surface area contributed by atoms with Crippen LogP contribution in [0.1, 0.15) is 30.5 Å². The molecule has 2 N–H and O–H groups in total. The Bertz CT molecular complexity index is 516. The summed E-state index contributed by atoms with van der Waals surface area (Å²) in [5.41, 5.74) is 4.79. The number of hydrogen-bond acceptors (Lipinski definition) is 2. The van der Waals surface area contributed by atoms with Crippen molar-refractivity contribution in [2.45, 2.75) is 33.5 Å². The SMILES string of the molecule is CC1=CC(C)C(O)(O)C(c2cc(C)cc(C)c2)=C1. The Kier molecular flexibility index (Phi) is 3.18. The molecule has 0 fully saturated rings. The van der Waals surface area contributed by atoms with Gasteiger partial charge in [-0.2, -0.15) is 0 Å². The third-order valence-corrected chi connectivity index (χ3v) is 3.45. The van der Waals surface area contributed by atoms with Crippen LogP contribution in [0.3, 0.4) is 0 Å². The molecule has 2 nitrogen and oxygen atoms in total. The molecule has 0 aliphatic heterocycles. The van der Waals surface area contributed by atoms with Gasteiger partial charge in [0.2, 0.25) is 0 Å². The molecule has 0 bridgehead atoms. The second-order valence-corrected chi connectivity index (χ2v) is 5.36. The second kappa shape index (κ2) is 4.38. The van der Waals surface area contributed by atoms with Crippen LogP contribution in [0.5, 0.6) is 0 Å². The van der Waals surface area contributed by atoms with E-state index in [1.165, 1.54) is 0 Å². The van der Waals surface area contributed by atoms with Gasteiger partial charge >= 0.3 is 0 Å². The van der Waals surface area contributed by atoms with Crippen molar-refractivity contribution in [2.75, 3.05) is 0 Å². The fourth-order valence-electron chi connectivity index (χ4n) is 2.56. The molecule has 1 unspecified atom stereocenters. The largest absolute Gasteiger partial charge is 0.361 e. The molecule has 1 atom stereocenters. The van der Waals surface area contributed by atoms with Crippen molar-refractivity contribution in [1.82, 2.24) is 0 Å². The van der Waals surface area contributed by atoms with E-state index in [4.69, 9.17) is 0 Å². The summed E-state index contributed by atoms with van der Waals surface area (Å²) in [5, 5.41) is 20.6. The molecule has 18 heavy (non-hydrogen) atoms. The number of hydrogen-bond donors (Lipinski definition) is 2. The van der Waals surface area contributed by atoms with E-state index >= 15 is 0 Å². The molecule has 0 spiro atoms. The molecular formula is C16H20O2. The van der Waals surface area contributed by atoms with Crippen molar-refractivity contribution in [3.63, 3.8) is 0 Å². The van der Waals surface area contributed by atoms with Gasteiger partial charge in [-0.25, -0.2) is 0 Å². The molecule has 1 aromatic carbocycles. The van der Waals surface area contributed by atoms with Gasteiger partial charge in [-0.3, -0.25) is 0 Å². The molecule has 1 aliphatic carbocycles. The summed E-state index contributed by atoms with van der Waals surface area (Å²) in [5.74, 6) is -2.10. The summed E-state index contributed by atoms with van der Waals surface area (Å²) in [6.45, 7) is 7.83. The summed E-state index contributed by atoms with van der Waals surface area (Å²) in [6.07, 6.45) is 3.74. The number of benzene rings is 1. The molecule has 0 heterocycles. The highest BCUT2D eigenvalue weighted by molar-refractivity contribution is 5.75. The third-order valence-electron chi connectivity index (χ3n) is 3.45. The Morgan fingerprint density at radius 3 is 2.11 bits per heavy atom. The Morgan fingerprint density at radius 1 is 1.00 bits per heavy atom. The van der Waals surface area contributed by atoms with Crippen LogP contribution in [-0.4, -0.2) is 16.0 Å². The molecule has 1 aliphatic rings. The highest BCUT2D eigenvalue weighted by Gasteiger charge is 2.37. The minimum absolute atomic E-state index is 0.307. The van der Waals surface area contributed by atoms with Gasteiger partial charge in [-0.15, -0.1) is 0 Å². The van der Waals surface area contributed by atoms with E-state index < -0.39 is 5.79 Å². The van der Waals surface area contributed by atoms with E-state index in [-0.39, 0.29) is 5.92 Å². The van der Waals surface area contributed by atoms with Crippen LogP contribution in [0.25, 0.3) is 5.57 Å². The van der Waals surface area contributed by atoms with Gasteiger partial charge in [-0.1, -0.05) is 54.0 Å². The molecule has 0 aromatic heterocycles. The molecule has 2 rings (SSSR count). The van der Waals surface area contributed by atoms with Crippen LogP contribution in [0.15, 0.2) is 35.9 Å². The van der Waals surface area contributed by atoms with Gasteiger partial charge in [0.15, 0.2) is 5.79 Å². The monoisotopic (exact) mass is 244 g/mol. The molecule has 0 saturated carbocycles. The summed E-state index contributed by atoms with van der Waals surface area (Å²) < 4.78 is 0. The first-order valence-corrected chi connectivity index (χ1v) is 6.24. The van der Waals surface area contributed by atoms with Crippen LogP contribution in [0.4, 0.5) is 0 Å². The average Bonchev–Trinajstić information content (AvgIpc) is 2.22. The maximum Gasteiger partial charge on any atom is 0.196 e. The predicted octanol–water partition coefficient (Wildman–Crippen LogP) is 2.96. The molecule has 1 aromatic rings. The lowest BCUT2D eigenvalue weighted by Crippen LogP contribution is -2.38. The molecule has 0 amide bonds. The molecule has 0 saturated heterocycles. The zero-order chi connectivity index (χ0) is 13.5. The van der Waals surface area contributed by atoms with Crippen LogP contribution < -0.4 is 0 Å². The quantitative estimate of drug-likeness (QED) is 0.746. The zero-order valence-electron chi connectivity index (χ0n) is 11.4. The Balaban J connectivity index is 2.57. The first-order chi connectivity index (χ1) is 8.30. The van der Waals surface area contributed by atoms with E-state index in [0.717, 1.165) is 22.3 Å². The summed E-state index contributed by atoms with van der Waals surface area (Å²) in [4.78, 5) is 0. The number of aryl methyl sites for hydroxylation is 2. The first-order valence-electron chi connectivity index (χ1n) is 6.24.